The van der Waals surface area contributed by atoms with Gasteiger partial charge in [-0.2, -0.15) is 0 Å². The van der Waals surface area contributed by atoms with E-state index in [-0.39, 0.29) is 0 Å². The summed E-state index contributed by atoms with van der Waals surface area (Å²) >= 11 is 2.52. The molecule has 1 unspecified atom stereocenters. The molecule has 0 aromatic rings. The van der Waals surface area contributed by atoms with Crippen molar-refractivity contribution >= 4 is 22.6 Å². The van der Waals surface area contributed by atoms with Crippen LogP contribution in [0, 0.1) is 5.92 Å². The van der Waals surface area contributed by atoms with E-state index >= 15 is 0 Å². The number of alkyl halides is 1. The van der Waals surface area contributed by atoms with Crippen LogP contribution in [0.25, 0.3) is 0 Å². The maximum Gasteiger partial charge on any atom is 0.0143 e. The van der Waals surface area contributed by atoms with Gasteiger partial charge in [-0.15, -0.1) is 0 Å². The van der Waals surface area contributed by atoms with Crippen LogP contribution in [0.3, 0.4) is 0 Å². The van der Waals surface area contributed by atoms with Gasteiger partial charge in [-0.25, -0.2) is 0 Å². The van der Waals surface area contributed by atoms with Crippen molar-refractivity contribution in [1.29, 1.82) is 0 Å². The van der Waals surface area contributed by atoms with Gasteiger partial charge in [-0.05, 0) is 18.8 Å². The first-order valence-corrected chi connectivity index (χ1v) is 5.04. The summed E-state index contributed by atoms with van der Waals surface area (Å²) in [7, 11) is 0. The highest BCUT2D eigenvalue weighted by Gasteiger charge is 2.17. The Morgan fingerprint density at radius 2 is 1.78 bits per heavy atom. The molecule has 0 bridgehead atoms. The van der Waals surface area contributed by atoms with E-state index < -0.39 is 0 Å². The molecule has 0 nitrogen and oxygen atoms in total. The summed E-state index contributed by atoms with van der Waals surface area (Å²) in [5.74, 6) is 1.79. The highest BCUT2D eigenvalue weighted by molar-refractivity contribution is 14.1. The maximum atomic E-state index is 2.52. The highest BCUT2D eigenvalue weighted by Crippen LogP contribution is 2.31. The minimum Gasteiger partial charge on any atom is -0.0823 e. The van der Waals surface area contributed by atoms with Crippen molar-refractivity contribution in [1.82, 2.24) is 0 Å². The summed E-state index contributed by atoms with van der Waals surface area (Å²) in [5.41, 5.74) is 0. The lowest BCUT2D eigenvalue weighted by Crippen LogP contribution is -2.11. The molecular weight excluding hydrogens is 223 g/mol. The van der Waals surface area contributed by atoms with Crippen molar-refractivity contribution < 1.29 is 0 Å². The molecule has 0 aromatic carbocycles. The first-order chi connectivity index (χ1) is 4.30. The van der Waals surface area contributed by atoms with Gasteiger partial charge in [0.2, 0.25) is 0 Å². The zero-order chi connectivity index (χ0) is 6.69. The molecule has 1 rings (SSSR count). The lowest BCUT2D eigenvalue weighted by atomic mass is 9.88. The number of hydrogen-bond acceptors (Lipinski definition) is 0. The molecule has 1 saturated carbocycles. The first-order valence-electron chi connectivity index (χ1n) is 3.79. The second kappa shape index (κ2) is 3.79. The molecule has 1 aliphatic carbocycles. The van der Waals surface area contributed by atoms with Gasteiger partial charge < -0.3 is 0 Å². The summed E-state index contributed by atoms with van der Waals surface area (Å²) in [6.07, 6.45) is 7.17. The van der Waals surface area contributed by atoms with Crippen molar-refractivity contribution in [3.05, 3.63) is 5.92 Å². The summed E-state index contributed by atoms with van der Waals surface area (Å²) in [4.78, 5) is 0. The van der Waals surface area contributed by atoms with Crippen LogP contribution in [-0.4, -0.2) is 3.92 Å². The summed E-state index contributed by atoms with van der Waals surface area (Å²) in [5, 5.41) is 0. The van der Waals surface area contributed by atoms with Crippen LogP contribution in [-0.2, 0) is 0 Å². The molecular formula is C8H14I. The quantitative estimate of drug-likeness (QED) is 0.484. The Morgan fingerprint density at radius 3 is 2.11 bits per heavy atom. The molecule has 1 radical (unpaired) electrons. The fourth-order valence-corrected chi connectivity index (χ4v) is 2.03. The third kappa shape index (κ3) is 2.44. The summed E-state index contributed by atoms with van der Waals surface area (Å²) in [6.45, 7) is 2.31. The van der Waals surface area contributed by atoms with Gasteiger partial charge in [0, 0.05) is 3.92 Å². The van der Waals surface area contributed by atoms with Gasteiger partial charge in [0.1, 0.15) is 0 Å². The smallest absolute Gasteiger partial charge is 0.0143 e. The Labute approximate surface area is 71.5 Å². The lowest BCUT2D eigenvalue weighted by molar-refractivity contribution is 0.524. The molecule has 9 heavy (non-hydrogen) atoms. The number of halogens is 1. The second-order valence-corrected chi connectivity index (χ2v) is 4.70. The summed E-state index contributed by atoms with van der Waals surface area (Å²) < 4.78 is 0.822. The van der Waals surface area contributed by atoms with Crippen molar-refractivity contribution in [2.24, 2.45) is 0 Å². The van der Waals surface area contributed by atoms with Crippen molar-refractivity contribution in [2.45, 2.75) is 43.0 Å². The number of rotatable bonds is 1. The Morgan fingerprint density at radius 1 is 1.22 bits per heavy atom. The fraction of sp³-hybridized carbons (Fsp3) is 0.875. The van der Waals surface area contributed by atoms with E-state index in [1.54, 1.807) is 5.92 Å². The molecule has 0 heterocycles. The first kappa shape index (κ1) is 7.83. The third-order valence-electron chi connectivity index (χ3n) is 2.06. The molecule has 0 aromatic heterocycles. The Hall–Kier alpha value is 0.730. The normalized spacial score (nSPS) is 26.0. The van der Waals surface area contributed by atoms with Gasteiger partial charge in [0.05, 0.1) is 0 Å². The van der Waals surface area contributed by atoms with E-state index in [0.717, 1.165) is 3.92 Å². The molecule has 0 amide bonds. The van der Waals surface area contributed by atoms with Crippen molar-refractivity contribution in [3.8, 4) is 0 Å². The summed E-state index contributed by atoms with van der Waals surface area (Å²) in [6, 6.07) is 0. The SMILES string of the molecule is CC(I)[C]1CCCCC1. The van der Waals surface area contributed by atoms with E-state index in [1.807, 2.05) is 0 Å². The Kier molecular flexibility index (Phi) is 3.30. The van der Waals surface area contributed by atoms with Crippen LogP contribution in [0.15, 0.2) is 0 Å². The average Bonchev–Trinajstić information content (AvgIpc) is 1.90. The van der Waals surface area contributed by atoms with Crippen LogP contribution in [0.4, 0.5) is 0 Å². The minimum atomic E-state index is 0.822. The van der Waals surface area contributed by atoms with Gasteiger partial charge >= 0.3 is 0 Å². The predicted molar refractivity (Wildman–Crippen MR) is 49.8 cm³/mol. The van der Waals surface area contributed by atoms with E-state index in [2.05, 4.69) is 29.5 Å². The van der Waals surface area contributed by atoms with Crippen LogP contribution in [0.1, 0.15) is 39.0 Å². The van der Waals surface area contributed by atoms with Crippen molar-refractivity contribution in [2.75, 3.05) is 0 Å². The van der Waals surface area contributed by atoms with Gasteiger partial charge in [0.25, 0.3) is 0 Å². The van der Waals surface area contributed by atoms with E-state index in [1.165, 1.54) is 32.1 Å². The third-order valence-corrected chi connectivity index (χ3v) is 2.94. The van der Waals surface area contributed by atoms with Crippen molar-refractivity contribution in [3.63, 3.8) is 0 Å². The van der Waals surface area contributed by atoms with E-state index in [9.17, 15) is 0 Å². The zero-order valence-corrected chi connectivity index (χ0v) is 8.15. The largest absolute Gasteiger partial charge is 0.0823 e. The predicted octanol–water partition coefficient (Wildman–Crippen LogP) is 3.35. The van der Waals surface area contributed by atoms with E-state index in [0.29, 0.717) is 0 Å². The zero-order valence-electron chi connectivity index (χ0n) is 5.99. The Bertz CT molecular complexity index is 72.6. The molecule has 1 atom stereocenters. The van der Waals surface area contributed by atoms with E-state index in [4.69, 9.17) is 0 Å². The van der Waals surface area contributed by atoms with Crippen LogP contribution < -0.4 is 0 Å². The molecule has 53 valence electrons. The van der Waals surface area contributed by atoms with Gasteiger partial charge in [-0.3, -0.25) is 0 Å². The van der Waals surface area contributed by atoms with Crippen LogP contribution >= 0.6 is 22.6 Å². The molecule has 1 heteroatoms. The Balaban J connectivity index is 2.23. The second-order valence-electron chi connectivity index (χ2n) is 2.83. The molecule has 0 N–H and O–H groups in total. The van der Waals surface area contributed by atoms with Crippen LogP contribution in [0.2, 0.25) is 0 Å². The monoisotopic (exact) mass is 237 g/mol. The molecule has 0 saturated heterocycles. The standard InChI is InChI=1S/C8H14I/c1-7(9)8-5-3-2-4-6-8/h7H,2-6H2,1H3. The van der Waals surface area contributed by atoms with Gasteiger partial charge in [0.15, 0.2) is 0 Å². The number of hydrogen-bond donors (Lipinski definition) is 0. The lowest BCUT2D eigenvalue weighted by Gasteiger charge is -2.22. The van der Waals surface area contributed by atoms with Crippen LogP contribution in [0.5, 0.6) is 0 Å². The molecule has 0 aliphatic heterocycles. The highest BCUT2D eigenvalue weighted by atomic mass is 127. The average molecular weight is 237 g/mol. The minimum absolute atomic E-state index is 0.822. The van der Waals surface area contributed by atoms with Gasteiger partial charge in [-0.1, -0.05) is 48.8 Å². The maximum absolute atomic E-state index is 2.52. The topological polar surface area (TPSA) is 0 Å². The fourth-order valence-electron chi connectivity index (χ4n) is 1.40. The molecule has 0 spiro atoms. The molecule has 1 aliphatic rings. The molecule has 1 fully saturated rings.